The number of imidazole rings is 1. The molecular weight excluding hydrogens is 516 g/mol. The SMILES string of the molecule is CC(C)(C)OC(=O)CN(CC(=O)OC(C)(C)C)C(=O)Cn1ccnc1CNCCCCCCCCCCC(=O)O. The maximum atomic E-state index is 13.2. The standard InChI is InChI=1S/C29H50N4O7/c1-28(2,3)39-26(37)21-33(22-27(38)40-29(4,5)6)24(34)20-32-18-17-31-23(32)19-30-16-14-12-10-8-7-9-11-13-15-25(35)36/h17-18,30H,7-16,19-22H2,1-6H3,(H,35,36). The van der Waals surface area contributed by atoms with Gasteiger partial charge in [-0.15, -0.1) is 0 Å². The van der Waals surface area contributed by atoms with Crippen molar-refractivity contribution in [3.63, 3.8) is 0 Å². The number of carbonyl (C=O) groups excluding carboxylic acids is 3. The highest BCUT2D eigenvalue weighted by Crippen LogP contribution is 2.12. The van der Waals surface area contributed by atoms with E-state index in [0.29, 0.717) is 12.4 Å². The number of unbranched alkanes of at least 4 members (excludes halogenated alkanes) is 7. The molecule has 1 aromatic rings. The molecule has 0 saturated carbocycles. The average molecular weight is 567 g/mol. The molecule has 0 fully saturated rings. The van der Waals surface area contributed by atoms with Crippen LogP contribution in [-0.4, -0.2) is 74.2 Å². The Labute approximate surface area is 239 Å². The fourth-order valence-electron chi connectivity index (χ4n) is 3.98. The van der Waals surface area contributed by atoms with Gasteiger partial charge in [0.05, 0.1) is 6.54 Å². The maximum Gasteiger partial charge on any atom is 0.326 e. The van der Waals surface area contributed by atoms with E-state index in [4.69, 9.17) is 14.6 Å². The van der Waals surface area contributed by atoms with Crippen molar-refractivity contribution in [2.24, 2.45) is 0 Å². The molecule has 1 rings (SSSR count). The Balaban J connectivity index is 2.51. The fourth-order valence-corrected chi connectivity index (χ4v) is 3.98. The van der Waals surface area contributed by atoms with Crippen molar-refractivity contribution in [2.75, 3.05) is 19.6 Å². The van der Waals surface area contributed by atoms with Crippen molar-refractivity contribution in [1.82, 2.24) is 19.8 Å². The van der Waals surface area contributed by atoms with E-state index >= 15 is 0 Å². The van der Waals surface area contributed by atoms with Gasteiger partial charge in [-0.3, -0.25) is 19.2 Å². The number of hydrogen-bond acceptors (Lipinski definition) is 8. The molecule has 0 aliphatic heterocycles. The Morgan fingerprint density at radius 3 is 1.85 bits per heavy atom. The van der Waals surface area contributed by atoms with Crippen molar-refractivity contribution in [2.45, 2.75) is 124 Å². The molecule has 40 heavy (non-hydrogen) atoms. The van der Waals surface area contributed by atoms with Crippen molar-refractivity contribution in [3.8, 4) is 0 Å². The number of aliphatic carboxylic acids is 1. The van der Waals surface area contributed by atoms with Gasteiger partial charge >= 0.3 is 17.9 Å². The van der Waals surface area contributed by atoms with Gasteiger partial charge in [-0.2, -0.15) is 0 Å². The van der Waals surface area contributed by atoms with E-state index < -0.39 is 35.0 Å². The highest BCUT2D eigenvalue weighted by atomic mass is 16.6. The minimum absolute atomic E-state index is 0.0743. The van der Waals surface area contributed by atoms with Crippen LogP contribution in [0.2, 0.25) is 0 Å². The van der Waals surface area contributed by atoms with Gasteiger partial charge in [0.15, 0.2) is 0 Å². The van der Waals surface area contributed by atoms with E-state index in [-0.39, 0.29) is 26.1 Å². The summed E-state index contributed by atoms with van der Waals surface area (Å²) >= 11 is 0. The number of esters is 2. The largest absolute Gasteiger partial charge is 0.481 e. The molecular formula is C29H50N4O7. The average Bonchev–Trinajstić information content (AvgIpc) is 3.23. The second-order valence-electron chi connectivity index (χ2n) is 12.0. The van der Waals surface area contributed by atoms with Gasteiger partial charge in [0.2, 0.25) is 5.91 Å². The summed E-state index contributed by atoms with van der Waals surface area (Å²) in [6.45, 7) is 10.9. The summed E-state index contributed by atoms with van der Waals surface area (Å²) in [5.74, 6) is -1.66. The number of amides is 1. The Morgan fingerprint density at radius 1 is 0.850 bits per heavy atom. The molecule has 0 spiro atoms. The van der Waals surface area contributed by atoms with Crippen LogP contribution < -0.4 is 5.32 Å². The lowest BCUT2D eigenvalue weighted by molar-refractivity contribution is -0.164. The smallest absolute Gasteiger partial charge is 0.326 e. The molecule has 1 aromatic heterocycles. The third-order valence-corrected chi connectivity index (χ3v) is 5.72. The molecule has 0 bridgehead atoms. The van der Waals surface area contributed by atoms with Crippen LogP contribution in [0, 0.1) is 0 Å². The maximum absolute atomic E-state index is 13.2. The zero-order valence-corrected chi connectivity index (χ0v) is 25.3. The number of nitrogens with one attached hydrogen (secondary N) is 1. The summed E-state index contributed by atoms with van der Waals surface area (Å²) in [4.78, 5) is 54.1. The van der Waals surface area contributed by atoms with E-state index in [9.17, 15) is 19.2 Å². The van der Waals surface area contributed by atoms with Gasteiger partial charge < -0.3 is 29.4 Å². The Morgan fingerprint density at radius 2 is 1.35 bits per heavy atom. The first-order chi connectivity index (χ1) is 18.7. The summed E-state index contributed by atoms with van der Waals surface area (Å²) in [6.07, 6.45) is 12.0. The quantitative estimate of drug-likeness (QED) is 0.187. The Bertz CT molecular complexity index is 902. The molecule has 0 radical (unpaired) electrons. The van der Waals surface area contributed by atoms with E-state index in [1.807, 2.05) is 0 Å². The topological polar surface area (TPSA) is 140 Å². The molecule has 0 unspecified atom stereocenters. The minimum Gasteiger partial charge on any atom is -0.481 e. The van der Waals surface area contributed by atoms with Crippen LogP contribution in [0.25, 0.3) is 0 Å². The van der Waals surface area contributed by atoms with Gasteiger partial charge in [0, 0.05) is 18.8 Å². The number of aromatic nitrogens is 2. The number of rotatable bonds is 19. The van der Waals surface area contributed by atoms with Crippen LogP contribution >= 0.6 is 0 Å². The summed E-state index contributed by atoms with van der Waals surface area (Å²) in [5, 5.41) is 12.0. The third kappa shape index (κ3) is 17.6. The highest BCUT2D eigenvalue weighted by molar-refractivity contribution is 5.86. The number of nitrogens with zero attached hydrogens (tertiary/aromatic N) is 3. The van der Waals surface area contributed by atoms with Crippen LogP contribution in [0.1, 0.15) is 105 Å². The minimum atomic E-state index is -0.722. The van der Waals surface area contributed by atoms with E-state index in [0.717, 1.165) is 62.8 Å². The van der Waals surface area contributed by atoms with Gasteiger partial charge in [-0.25, -0.2) is 4.98 Å². The molecule has 11 nitrogen and oxygen atoms in total. The highest BCUT2D eigenvalue weighted by Gasteiger charge is 2.27. The molecule has 0 aliphatic carbocycles. The molecule has 11 heteroatoms. The Hall–Kier alpha value is -2.95. The lowest BCUT2D eigenvalue weighted by Crippen LogP contribution is -2.44. The zero-order valence-electron chi connectivity index (χ0n) is 25.3. The van der Waals surface area contributed by atoms with E-state index in [2.05, 4.69) is 10.3 Å². The van der Waals surface area contributed by atoms with Gasteiger partial charge in [-0.1, -0.05) is 38.5 Å². The van der Waals surface area contributed by atoms with Gasteiger partial charge in [0.25, 0.3) is 0 Å². The van der Waals surface area contributed by atoms with Crippen LogP contribution in [0.4, 0.5) is 0 Å². The second kappa shape index (κ2) is 17.7. The molecule has 0 aliphatic rings. The van der Waals surface area contributed by atoms with Crippen LogP contribution in [-0.2, 0) is 41.7 Å². The first kappa shape index (κ1) is 35.1. The normalized spacial score (nSPS) is 11.8. The van der Waals surface area contributed by atoms with Crippen molar-refractivity contribution in [3.05, 3.63) is 18.2 Å². The summed E-state index contributed by atoms with van der Waals surface area (Å²) < 4.78 is 12.4. The monoisotopic (exact) mass is 566 g/mol. The van der Waals surface area contributed by atoms with Crippen LogP contribution in [0.3, 0.4) is 0 Å². The molecule has 0 aromatic carbocycles. The summed E-state index contributed by atoms with van der Waals surface area (Å²) in [6, 6.07) is 0. The molecule has 228 valence electrons. The van der Waals surface area contributed by atoms with Crippen molar-refractivity contribution in [1.29, 1.82) is 0 Å². The number of carboxylic acids is 1. The third-order valence-electron chi connectivity index (χ3n) is 5.72. The summed E-state index contributed by atoms with van der Waals surface area (Å²) in [7, 11) is 0. The summed E-state index contributed by atoms with van der Waals surface area (Å²) in [5.41, 5.74) is -1.44. The van der Waals surface area contributed by atoms with Gasteiger partial charge in [0.1, 0.15) is 36.7 Å². The molecule has 1 heterocycles. The first-order valence-electron chi connectivity index (χ1n) is 14.3. The van der Waals surface area contributed by atoms with Crippen LogP contribution in [0.15, 0.2) is 12.4 Å². The first-order valence-corrected chi connectivity index (χ1v) is 14.3. The molecule has 0 atom stereocenters. The Kier molecular flexibility index (Phi) is 15.5. The van der Waals surface area contributed by atoms with Crippen molar-refractivity contribution < 1.29 is 33.8 Å². The number of hydrogen-bond donors (Lipinski definition) is 2. The van der Waals surface area contributed by atoms with Gasteiger partial charge in [-0.05, 0) is 60.9 Å². The molecule has 0 saturated heterocycles. The zero-order chi connectivity index (χ0) is 30.2. The molecule has 1 amide bonds. The van der Waals surface area contributed by atoms with Crippen LogP contribution in [0.5, 0.6) is 0 Å². The number of carboxylic acid groups (broad SMARTS) is 1. The predicted molar refractivity (Wildman–Crippen MR) is 151 cm³/mol. The van der Waals surface area contributed by atoms with E-state index in [1.165, 1.54) is 0 Å². The number of carbonyl (C=O) groups is 4. The lowest BCUT2D eigenvalue weighted by Gasteiger charge is -2.26. The predicted octanol–water partition coefficient (Wildman–Crippen LogP) is 4.08. The number of ether oxygens (including phenoxy) is 2. The second-order valence-corrected chi connectivity index (χ2v) is 12.0. The van der Waals surface area contributed by atoms with E-state index in [1.54, 1.807) is 58.5 Å². The lowest BCUT2D eigenvalue weighted by atomic mass is 10.1. The molecule has 2 N–H and O–H groups in total. The fraction of sp³-hybridized carbons (Fsp3) is 0.759. The van der Waals surface area contributed by atoms with Crippen molar-refractivity contribution >= 4 is 23.8 Å².